The minimum Gasteiger partial charge on any atom is -0.340 e. The summed E-state index contributed by atoms with van der Waals surface area (Å²) >= 11 is 0. The van der Waals surface area contributed by atoms with Crippen molar-refractivity contribution in [3.63, 3.8) is 0 Å². The molecule has 2 saturated heterocycles. The summed E-state index contributed by atoms with van der Waals surface area (Å²) in [5, 5.41) is 12.4. The lowest BCUT2D eigenvalue weighted by Gasteiger charge is -2.38. The number of hydrogen-bond donors (Lipinski definition) is 2. The van der Waals surface area contributed by atoms with Gasteiger partial charge in [-0.1, -0.05) is 5.21 Å². The van der Waals surface area contributed by atoms with Gasteiger partial charge < -0.3 is 10.2 Å². The van der Waals surface area contributed by atoms with Gasteiger partial charge in [-0.15, -0.1) is 5.10 Å². The van der Waals surface area contributed by atoms with Crippen molar-refractivity contribution in [1.82, 2.24) is 30.5 Å². The van der Waals surface area contributed by atoms with Crippen molar-refractivity contribution < 1.29 is 14.4 Å². The molecule has 1 aromatic rings. The van der Waals surface area contributed by atoms with E-state index in [2.05, 4.69) is 20.9 Å². The second kappa shape index (κ2) is 5.15. The largest absolute Gasteiger partial charge is 0.340 e. The minimum atomic E-state index is -0.960. The lowest BCUT2D eigenvalue weighted by molar-refractivity contribution is -0.136. The monoisotopic (exact) mass is 292 g/mol. The maximum absolute atomic E-state index is 12.2. The third-order valence-electron chi connectivity index (χ3n) is 3.89. The molecule has 0 bridgehead atoms. The highest BCUT2D eigenvalue weighted by Crippen LogP contribution is 2.24. The fourth-order valence-electron chi connectivity index (χ4n) is 2.80. The number of aryl methyl sites for hydroxylation is 1. The number of imide groups is 1. The first-order valence-electron chi connectivity index (χ1n) is 6.85. The van der Waals surface area contributed by atoms with E-state index in [0.717, 1.165) is 0 Å². The predicted octanol–water partition coefficient (Wildman–Crippen LogP) is -1.13. The van der Waals surface area contributed by atoms with Gasteiger partial charge in [0.05, 0.1) is 19.3 Å². The Kier molecular flexibility index (Phi) is 3.32. The summed E-state index contributed by atoms with van der Waals surface area (Å²) in [6.45, 7) is 1.27. The molecule has 4 amide bonds. The Morgan fingerprint density at radius 2 is 2.29 bits per heavy atom. The van der Waals surface area contributed by atoms with Crippen molar-refractivity contribution >= 4 is 17.8 Å². The Balaban J connectivity index is 1.62. The maximum Gasteiger partial charge on any atom is 0.322 e. The summed E-state index contributed by atoms with van der Waals surface area (Å²) in [4.78, 5) is 37.1. The van der Waals surface area contributed by atoms with Crippen LogP contribution in [0.15, 0.2) is 12.4 Å². The molecule has 2 aliphatic heterocycles. The predicted molar refractivity (Wildman–Crippen MR) is 69.9 cm³/mol. The van der Waals surface area contributed by atoms with Gasteiger partial charge in [0.2, 0.25) is 5.91 Å². The highest BCUT2D eigenvalue weighted by Gasteiger charge is 2.49. The molecule has 21 heavy (non-hydrogen) atoms. The molecule has 2 fully saturated rings. The number of aromatic nitrogens is 3. The van der Waals surface area contributed by atoms with E-state index < -0.39 is 11.6 Å². The van der Waals surface area contributed by atoms with Crippen LogP contribution < -0.4 is 10.6 Å². The number of hydrogen-bond acceptors (Lipinski definition) is 5. The van der Waals surface area contributed by atoms with Crippen LogP contribution >= 0.6 is 0 Å². The molecule has 3 heterocycles. The fourth-order valence-corrected chi connectivity index (χ4v) is 2.80. The topological polar surface area (TPSA) is 109 Å². The number of piperidine rings is 1. The van der Waals surface area contributed by atoms with Crippen molar-refractivity contribution in [3.8, 4) is 0 Å². The van der Waals surface area contributed by atoms with Gasteiger partial charge in [-0.25, -0.2) is 4.79 Å². The number of carbonyl (C=O) groups excluding carboxylic acids is 3. The molecule has 0 aromatic carbocycles. The molecule has 2 N–H and O–H groups in total. The van der Waals surface area contributed by atoms with Crippen molar-refractivity contribution in [2.75, 3.05) is 13.1 Å². The van der Waals surface area contributed by atoms with Crippen molar-refractivity contribution in [2.24, 2.45) is 0 Å². The molecule has 0 aliphatic carbocycles. The number of urea groups is 1. The summed E-state index contributed by atoms with van der Waals surface area (Å²) in [6, 6.07) is -0.489. The van der Waals surface area contributed by atoms with Crippen LogP contribution in [0.25, 0.3) is 0 Å². The first-order valence-corrected chi connectivity index (χ1v) is 6.85. The molecule has 112 valence electrons. The Bertz CT molecular complexity index is 572. The smallest absolute Gasteiger partial charge is 0.322 e. The first-order chi connectivity index (χ1) is 10.1. The third-order valence-corrected chi connectivity index (χ3v) is 3.89. The number of rotatable bonds is 3. The van der Waals surface area contributed by atoms with Crippen LogP contribution in [0.1, 0.15) is 19.3 Å². The molecule has 1 unspecified atom stereocenters. The Labute approximate surface area is 120 Å². The summed E-state index contributed by atoms with van der Waals surface area (Å²) in [5.74, 6) is -0.403. The Hall–Kier alpha value is -2.45. The molecule has 9 nitrogen and oxygen atoms in total. The lowest BCUT2D eigenvalue weighted by atomic mass is 9.89. The number of likely N-dealkylation sites (tertiary alicyclic amines) is 1. The van der Waals surface area contributed by atoms with Crippen LogP contribution in [0.5, 0.6) is 0 Å². The third kappa shape index (κ3) is 2.58. The van der Waals surface area contributed by atoms with E-state index in [9.17, 15) is 14.4 Å². The zero-order valence-corrected chi connectivity index (χ0v) is 11.4. The van der Waals surface area contributed by atoms with E-state index in [1.165, 1.54) is 0 Å². The van der Waals surface area contributed by atoms with Crippen molar-refractivity contribution in [2.45, 2.75) is 31.3 Å². The van der Waals surface area contributed by atoms with E-state index in [4.69, 9.17) is 0 Å². The number of nitrogens with one attached hydrogen (secondary N) is 2. The minimum absolute atomic E-state index is 0.0569. The standard InChI is InChI=1S/C12H16N6O3/c19-9(2-6-18-7-4-13-16-18)17-5-1-3-12(8-17)10(20)14-11(21)15-12/h4,7H,1-3,5-6,8H2,(H2,14,15,20,21). The highest BCUT2D eigenvalue weighted by atomic mass is 16.2. The summed E-state index contributed by atoms with van der Waals surface area (Å²) in [5.41, 5.74) is -0.960. The van der Waals surface area contributed by atoms with Gasteiger partial charge in [0, 0.05) is 19.2 Å². The zero-order chi connectivity index (χ0) is 14.9. The van der Waals surface area contributed by atoms with E-state index in [-0.39, 0.29) is 24.8 Å². The second-order valence-corrected chi connectivity index (χ2v) is 5.33. The Morgan fingerprint density at radius 3 is 2.95 bits per heavy atom. The second-order valence-electron chi connectivity index (χ2n) is 5.33. The molecule has 1 atom stereocenters. The normalized spacial score (nSPS) is 25.0. The van der Waals surface area contributed by atoms with Crippen LogP contribution in [0.2, 0.25) is 0 Å². The van der Waals surface area contributed by atoms with E-state index in [0.29, 0.717) is 25.9 Å². The van der Waals surface area contributed by atoms with Gasteiger partial charge in [-0.05, 0) is 12.8 Å². The quantitative estimate of drug-likeness (QED) is 0.685. The average molecular weight is 292 g/mol. The summed E-state index contributed by atoms with van der Waals surface area (Å²) in [6.07, 6.45) is 4.77. The molecule has 0 saturated carbocycles. The zero-order valence-electron chi connectivity index (χ0n) is 11.4. The van der Waals surface area contributed by atoms with Gasteiger partial charge in [0.1, 0.15) is 5.54 Å². The summed E-state index contributed by atoms with van der Waals surface area (Å²) in [7, 11) is 0. The molecular weight excluding hydrogens is 276 g/mol. The summed E-state index contributed by atoms with van der Waals surface area (Å²) < 4.78 is 1.58. The number of carbonyl (C=O) groups is 3. The molecule has 1 aromatic heterocycles. The molecule has 9 heteroatoms. The van der Waals surface area contributed by atoms with Gasteiger partial charge in [-0.3, -0.25) is 19.6 Å². The molecule has 0 radical (unpaired) electrons. The van der Waals surface area contributed by atoms with Crippen LogP contribution in [-0.2, 0) is 16.1 Å². The van der Waals surface area contributed by atoms with Gasteiger partial charge in [0.25, 0.3) is 5.91 Å². The fraction of sp³-hybridized carbons (Fsp3) is 0.583. The first kappa shape index (κ1) is 13.5. The lowest BCUT2D eigenvalue weighted by Crippen LogP contribution is -2.59. The molecular formula is C12H16N6O3. The van der Waals surface area contributed by atoms with Crippen LogP contribution in [-0.4, -0.2) is 56.4 Å². The van der Waals surface area contributed by atoms with Gasteiger partial charge in [-0.2, -0.15) is 0 Å². The average Bonchev–Trinajstić information content (AvgIpc) is 3.06. The SMILES string of the molecule is O=C1NC(=O)C2(CCCN(C(=O)CCn3ccnn3)C2)N1. The molecule has 1 spiro atoms. The van der Waals surface area contributed by atoms with Crippen LogP contribution in [0.4, 0.5) is 4.79 Å². The van der Waals surface area contributed by atoms with E-state index >= 15 is 0 Å². The van der Waals surface area contributed by atoms with Gasteiger partial charge in [0.15, 0.2) is 0 Å². The number of nitrogens with zero attached hydrogens (tertiary/aromatic N) is 4. The van der Waals surface area contributed by atoms with Crippen molar-refractivity contribution in [1.29, 1.82) is 0 Å². The molecule has 2 aliphatic rings. The van der Waals surface area contributed by atoms with Crippen LogP contribution in [0, 0.1) is 0 Å². The molecule has 3 rings (SSSR count). The maximum atomic E-state index is 12.2. The van der Waals surface area contributed by atoms with E-state index in [1.807, 2.05) is 0 Å². The van der Waals surface area contributed by atoms with E-state index in [1.54, 1.807) is 22.0 Å². The van der Waals surface area contributed by atoms with Crippen LogP contribution in [0.3, 0.4) is 0 Å². The van der Waals surface area contributed by atoms with Crippen molar-refractivity contribution in [3.05, 3.63) is 12.4 Å². The van der Waals surface area contributed by atoms with Gasteiger partial charge >= 0.3 is 6.03 Å². The Morgan fingerprint density at radius 1 is 1.43 bits per heavy atom. The highest BCUT2D eigenvalue weighted by molar-refractivity contribution is 6.07. The number of amides is 4.